The molecule has 0 aliphatic carbocycles. The number of amides is 3. The number of hydrogen-bond donors (Lipinski definition) is 4. The van der Waals surface area contributed by atoms with Crippen LogP contribution in [0.1, 0.15) is 12.0 Å². The second-order valence-corrected chi connectivity index (χ2v) is 4.24. The van der Waals surface area contributed by atoms with Crippen LogP contribution in [-0.4, -0.2) is 45.4 Å². The minimum Gasteiger partial charge on any atom is -0.480 e. The Morgan fingerprint density at radius 3 is 2.70 bits per heavy atom. The zero-order chi connectivity index (χ0) is 15.1. The lowest BCUT2D eigenvalue weighted by Gasteiger charge is -2.13. The van der Waals surface area contributed by atoms with E-state index in [-0.39, 0.29) is 6.54 Å². The van der Waals surface area contributed by atoms with Crippen molar-refractivity contribution in [3.8, 4) is 0 Å². The van der Waals surface area contributed by atoms with Crippen molar-refractivity contribution in [3.63, 3.8) is 0 Å². The average Bonchev–Trinajstić information content (AvgIpc) is 2.73. The third-order valence-electron chi connectivity index (χ3n) is 2.40. The second kappa shape index (κ2) is 7.12. The van der Waals surface area contributed by atoms with Crippen molar-refractivity contribution in [3.05, 3.63) is 18.0 Å². The van der Waals surface area contributed by atoms with E-state index in [0.29, 0.717) is 6.54 Å². The van der Waals surface area contributed by atoms with Crippen molar-refractivity contribution in [1.29, 1.82) is 0 Å². The number of rotatable bonds is 7. The number of nitrogens with two attached hydrogens (primary N) is 1. The van der Waals surface area contributed by atoms with Crippen molar-refractivity contribution in [2.75, 3.05) is 6.54 Å². The van der Waals surface area contributed by atoms with E-state index in [2.05, 4.69) is 15.7 Å². The van der Waals surface area contributed by atoms with Gasteiger partial charge in [-0.3, -0.25) is 9.48 Å². The number of aryl methyl sites for hydroxylation is 1. The number of urea groups is 1. The highest BCUT2D eigenvalue weighted by Crippen LogP contribution is 1.93. The Labute approximate surface area is 115 Å². The number of aromatic nitrogens is 2. The van der Waals surface area contributed by atoms with Gasteiger partial charge in [-0.1, -0.05) is 0 Å². The molecule has 110 valence electrons. The molecule has 1 atom stereocenters. The van der Waals surface area contributed by atoms with Gasteiger partial charge in [0.1, 0.15) is 6.04 Å². The fourth-order valence-corrected chi connectivity index (χ4v) is 1.48. The molecule has 1 aromatic heterocycles. The van der Waals surface area contributed by atoms with E-state index in [4.69, 9.17) is 10.8 Å². The maximum Gasteiger partial charge on any atom is 0.326 e. The average molecular weight is 283 g/mol. The summed E-state index contributed by atoms with van der Waals surface area (Å²) in [7, 11) is 0. The standard InChI is InChI=1S/C11H17N5O4/c1-7-5-14-16(6-7)3-2-13-11(20)15-8(10(18)19)4-9(12)17/h5-6,8H,2-4H2,1H3,(H2,12,17)(H,18,19)(H2,13,15,20)/t8-/m1/s1. The number of aliphatic carboxylic acids is 1. The van der Waals surface area contributed by atoms with E-state index in [1.807, 2.05) is 13.1 Å². The summed E-state index contributed by atoms with van der Waals surface area (Å²) in [6.45, 7) is 2.62. The molecule has 0 aromatic carbocycles. The van der Waals surface area contributed by atoms with Gasteiger partial charge in [0.25, 0.3) is 0 Å². The third-order valence-corrected chi connectivity index (χ3v) is 2.40. The van der Waals surface area contributed by atoms with Crippen LogP contribution in [0.15, 0.2) is 12.4 Å². The highest BCUT2D eigenvalue weighted by Gasteiger charge is 2.21. The Morgan fingerprint density at radius 1 is 1.50 bits per heavy atom. The molecular weight excluding hydrogens is 266 g/mol. The molecule has 3 amide bonds. The topological polar surface area (TPSA) is 139 Å². The van der Waals surface area contributed by atoms with E-state index in [9.17, 15) is 14.4 Å². The molecule has 20 heavy (non-hydrogen) atoms. The minimum atomic E-state index is -1.33. The van der Waals surface area contributed by atoms with Crippen LogP contribution in [0, 0.1) is 6.92 Å². The molecule has 0 aliphatic heterocycles. The first-order chi connectivity index (χ1) is 9.38. The number of carbonyl (C=O) groups excluding carboxylic acids is 2. The fraction of sp³-hybridized carbons (Fsp3) is 0.455. The van der Waals surface area contributed by atoms with Crippen LogP contribution in [0.4, 0.5) is 4.79 Å². The minimum absolute atomic E-state index is 0.274. The fourth-order valence-electron chi connectivity index (χ4n) is 1.48. The largest absolute Gasteiger partial charge is 0.480 e. The van der Waals surface area contributed by atoms with Gasteiger partial charge < -0.3 is 21.5 Å². The summed E-state index contributed by atoms with van der Waals surface area (Å²) in [5.41, 5.74) is 5.90. The molecule has 0 unspecified atom stereocenters. The van der Waals surface area contributed by atoms with Crippen LogP contribution in [-0.2, 0) is 16.1 Å². The van der Waals surface area contributed by atoms with E-state index in [1.165, 1.54) is 0 Å². The summed E-state index contributed by atoms with van der Waals surface area (Å²) in [5, 5.41) is 17.5. The number of carboxylic acid groups (broad SMARTS) is 1. The highest BCUT2D eigenvalue weighted by molar-refractivity contribution is 5.87. The molecular formula is C11H17N5O4. The zero-order valence-electron chi connectivity index (χ0n) is 11.0. The molecule has 0 fully saturated rings. The quantitative estimate of drug-likeness (QED) is 0.498. The van der Waals surface area contributed by atoms with Gasteiger partial charge in [0.2, 0.25) is 5.91 Å². The molecule has 0 saturated heterocycles. The molecule has 5 N–H and O–H groups in total. The maximum absolute atomic E-state index is 11.5. The third kappa shape index (κ3) is 5.38. The summed E-state index contributed by atoms with van der Waals surface area (Å²) in [5.74, 6) is -2.12. The molecule has 1 aromatic rings. The molecule has 0 bridgehead atoms. The van der Waals surface area contributed by atoms with Gasteiger partial charge in [0.15, 0.2) is 0 Å². The van der Waals surface area contributed by atoms with E-state index in [1.54, 1.807) is 10.9 Å². The second-order valence-electron chi connectivity index (χ2n) is 4.24. The summed E-state index contributed by atoms with van der Waals surface area (Å²) in [4.78, 5) is 32.9. The summed E-state index contributed by atoms with van der Waals surface area (Å²) in [6.07, 6.45) is 3.04. The van der Waals surface area contributed by atoms with Crippen molar-refractivity contribution in [1.82, 2.24) is 20.4 Å². The lowest BCUT2D eigenvalue weighted by atomic mass is 10.2. The summed E-state index contributed by atoms with van der Waals surface area (Å²) >= 11 is 0. The van der Waals surface area contributed by atoms with E-state index in [0.717, 1.165) is 5.56 Å². The molecule has 1 heterocycles. The van der Waals surface area contributed by atoms with Crippen LogP contribution in [0.5, 0.6) is 0 Å². The van der Waals surface area contributed by atoms with E-state index >= 15 is 0 Å². The molecule has 0 aliphatic rings. The van der Waals surface area contributed by atoms with Gasteiger partial charge >= 0.3 is 12.0 Å². The summed E-state index contributed by atoms with van der Waals surface area (Å²) in [6, 6.07) is -2.01. The first-order valence-corrected chi connectivity index (χ1v) is 5.93. The Morgan fingerprint density at radius 2 is 2.20 bits per heavy atom. The maximum atomic E-state index is 11.5. The van der Waals surface area contributed by atoms with Crippen LogP contribution in [0.25, 0.3) is 0 Å². The van der Waals surface area contributed by atoms with E-state index < -0.39 is 30.4 Å². The molecule has 0 radical (unpaired) electrons. The number of nitrogens with one attached hydrogen (secondary N) is 2. The van der Waals surface area contributed by atoms with Gasteiger partial charge in [0, 0.05) is 12.7 Å². The predicted octanol–water partition coefficient (Wildman–Crippen LogP) is -1.18. The molecule has 0 saturated carbocycles. The first-order valence-electron chi connectivity index (χ1n) is 5.93. The molecule has 9 heteroatoms. The van der Waals surface area contributed by atoms with Gasteiger partial charge in [-0.05, 0) is 12.5 Å². The number of nitrogens with zero attached hydrogens (tertiary/aromatic N) is 2. The normalized spacial score (nSPS) is 11.7. The Balaban J connectivity index is 2.34. The molecule has 1 rings (SSSR count). The van der Waals surface area contributed by atoms with Crippen molar-refractivity contribution in [2.24, 2.45) is 5.73 Å². The van der Waals surface area contributed by atoms with Gasteiger partial charge in [-0.25, -0.2) is 9.59 Å². The number of carbonyl (C=O) groups is 3. The van der Waals surface area contributed by atoms with Crippen LogP contribution < -0.4 is 16.4 Å². The van der Waals surface area contributed by atoms with Crippen molar-refractivity contribution < 1.29 is 19.5 Å². The van der Waals surface area contributed by atoms with Crippen LogP contribution in [0.2, 0.25) is 0 Å². The van der Waals surface area contributed by atoms with Gasteiger partial charge in [-0.2, -0.15) is 5.10 Å². The Hall–Kier alpha value is -2.58. The van der Waals surface area contributed by atoms with Gasteiger partial charge in [-0.15, -0.1) is 0 Å². The number of carboxylic acids is 1. The lowest BCUT2D eigenvalue weighted by molar-refractivity contribution is -0.140. The monoisotopic (exact) mass is 283 g/mol. The lowest BCUT2D eigenvalue weighted by Crippen LogP contribution is -2.48. The zero-order valence-corrected chi connectivity index (χ0v) is 11.0. The summed E-state index contributed by atoms with van der Waals surface area (Å²) < 4.78 is 1.65. The van der Waals surface area contributed by atoms with Gasteiger partial charge in [0.05, 0.1) is 19.2 Å². The molecule has 0 spiro atoms. The smallest absolute Gasteiger partial charge is 0.326 e. The number of primary amides is 1. The SMILES string of the molecule is Cc1cnn(CCNC(=O)N[C@H](CC(N)=O)C(=O)O)c1. The predicted molar refractivity (Wildman–Crippen MR) is 68.7 cm³/mol. The highest BCUT2D eigenvalue weighted by atomic mass is 16.4. The number of hydrogen-bond acceptors (Lipinski definition) is 4. The molecule has 9 nitrogen and oxygen atoms in total. The Bertz CT molecular complexity index is 499. The Kier molecular flexibility index (Phi) is 5.51. The first kappa shape index (κ1) is 15.5. The van der Waals surface area contributed by atoms with Crippen LogP contribution in [0.3, 0.4) is 0 Å². The van der Waals surface area contributed by atoms with Crippen molar-refractivity contribution >= 4 is 17.9 Å². The van der Waals surface area contributed by atoms with Crippen molar-refractivity contribution in [2.45, 2.75) is 25.9 Å². The van der Waals surface area contributed by atoms with Crippen LogP contribution >= 0.6 is 0 Å².